The van der Waals surface area contributed by atoms with E-state index in [1.807, 2.05) is 54.6 Å². The maximum Gasteiger partial charge on any atom is 0.253 e. The first kappa shape index (κ1) is 17.5. The van der Waals surface area contributed by atoms with Gasteiger partial charge in [-0.05, 0) is 55.7 Å². The van der Waals surface area contributed by atoms with Gasteiger partial charge in [0, 0.05) is 24.5 Å². The number of nitrogens with one attached hydrogen (secondary N) is 2. The zero-order valence-electron chi connectivity index (χ0n) is 15.2. The predicted molar refractivity (Wildman–Crippen MR) is 107 cm³/mol. The maximum absolute atomic E-state index is 12.7. The lowest BCUT2D eigenvalue weighted by molar-refractivity contribution is -0.121. The van der Waals surface area contributed by atoms with Crippen LogP contribution in [0.5, 0.6) is 0 Å². The minimum Gasteiger partial charge on any atom is -0.372 e. The molecule has 0 spiro atoms. The van der Waals surface area contributed by atoms with E-state index in [0.717, 1.165) is 24.5 Å². The van der Waals surface area contributed by atoms with E-state index in [1.165, 1.54) is 24.2 Å². The van der Waals surface area contributed by atoms with Crippen molar-refractivity contribution in [1.29, 1.82) is 0 Å². The summed E-state index contributed by atoms with van der Waals surface area (Å²) in [5.41, 5.74) is 8.61. The van der Waals surface area contributed by atoms with Gasteiger partial charge in [0.1, 0.15) is 6.04 Å². The highest BCUT2D eigenvalue weighted by atomic mass is 16.2. The Kier molecular flexibility index (Phi) is 5.07. The van der Waals surface area contributed by atoms with Crippen molar-refractivity contribution in [3.8, 4) is 0 Å². The smallest absolute Gasteiger partial charge is 0.253 e. The van der Waals surface area contributed by atoms with Gasteiger partial charge in [-0.2, -0.15) is 0 Å². The van der Waals surface area contributed by atoms with Crippen molar-refractivity contribution in [2.75, 3.05) is 28.3 Å². The molecule has 0 radical (unpaired) electrons. The van der Waals surface area contributed by atoms with E-state index in [4.69, 9.17) is 0 Å². The molecule has 2 aromatic carbocycles. The molecular weight excluding hydrogens is 340 g/mol. The van der Waals surface area contributed by atoms with Crippen LogP contribution < -0.4 is 20.7 Å². The third kappa shape index (κ3) is 3.80. The maximum atomic E-state index is 12.7. The van der Waals surface area contributed by atoms with Crippen LogP contribution in [0.2, 0.25) is 0 Å². The minimum atomic E-state index is -0.570. The first-order chi connectivity index (χ1) is 13.2. The van der Waals surface area contributed by atoms with Crippen molar-refractivity contribution in [3.05, 3.63) is 54.6 Å². The van der Waals surface area contributed by atoms with Crippen LogP contribution in [-0.4, -0.2) is 30.9 Å². The van der Waals surface area contributed by atoms with Crippen molar-refractivity contribution in [3.63, 3.8) is 0 Å². The number of benzene rings is 2. The molecule has 140 valence electrons. The van der Waals surface area contributed by atoms with Gasteiger partial charge in [-0.15, -0.1) is 0 Å². The van der Waals surface area contributed by atoms with Crippen LogP contribution in [0.4, 0.5) is 17.1 Å². The average molecular weight is 364 g/mol. The van der Waals surface area contributed by atoms with Crippen molar-refractivity contribution >= 4 is 28.9 Å². The molecule has 6 nitrogen and oxygen atoms in total. The summed E-state index contributed by atoms with van der Waals surface area (Å²) < 4.78 is 0. The number of anilines is 3. The van der Waals surface area contributed by atoms with E-state index in [1.54, 1.807) is 0 Å². The summed E-state index contributed by atoms with van der Waals surface area (Å²) in [5.74, 6) is -0.410. The monoisotopic (exact) mass is 364 g/mol. The molecule has 0 saturated carbocycles. The van der Waals surface area contributed by atoms with E-state index < -0.39 is 6.04 Å². The van der Waals surface area contributed by atoms with E-state index in [0.29, 0.717) is 5.69 Å². The van der Waals surface area contributed by atoms with Gasteiger partial charge in [-0.1, -0.05) is 18.2 Å². The summed E-state index contributed by atoms with van der Waals surface area (Å²) in [7, 11) is 0. The van der Waals surface area contributed by atoms with Crippen LogP contribution in [0, 0.1) is 0 Å². The van der Waals surface area contributed by atoms with Gasteiger partial charge in [0.15, 0.2) is 0 Å². The van der Waals surface area contributed by atoms with Crippen LogP contribution in [0.3, 0.4) is 0 Å². The fourth-order valence-electron chi connectivity index (χ4n) is 3.67. The molecule has 2 saturated heterocycles. The molecule has 0 aromatic heterocycles. The quantitative estimate of drug-likeness (QED) is 0.631. The van der Waals surface area contributed by atoms with Crippen LogP contribution in [0.25, 0.3) is 0 Å². The summed E-state index contributed by atoms with van der Waals surface area (Å²) in [6, 6.07) is 16.7. The highest BCUT2D eigenvalue weighted by Gasteiger charge is 2.39. The molecule has 27 heavy (non-hydrogen) atoms. The summed E-state index contributed by atoms with van der Waals surface area (Å²) in [5, 5.41) is 0. The van der Waals surface area contributed by atoms with E-state index in [9.17, 15) is 9.59 Å². The predicted octanol–water partition coefficient (Wildman–Crippen LogP) is 2.93. The summed E-state index contributed by atoms with van der Waals surface area (Å²) in [6.07, 6.45) is 3.86. The molecular formula is C21H24N4O2. The average Bonchev–Trinajstić information content (AvgIpc) is 3.01. The third-order valence-electron chi connectivity index (χ3n) is 5.14. The first-order valence-electron chi connectivity index (χ1n) is 9.51. The lowest BCUT2D eigenvalue weighted by Crippen LogP contribution is -2.41. The summed E-state index contributed by atoms with van der Waals surface area (Å²) in [4.78, 5) is 28.8. The number of hydrogen-bond acceptors (Lipinski definition) is 5. The zero-order chi connectivity index (χ0) is 18.6. The number of carbonyl (C=O) groups is 2. The third-order valence-corrected chi connectivity index (χ3v) is 5.14. The number of nitrogens with zero attached hydrogens (tertiary/aromatic N) is 2. The zero-order valence-corrected chi connectivity index (χ0v) is 15.2. The van der Waals surface area contributed by atoms with Gasteiger partial charge in [0.25, 0.3) is 5.91 Å². The topological polar surface area (TPSA) is 64.7 Å². The highest BCUT2D eigenvalue weighted by Crippen LogP contribution is 2.27. The first-order valence-corrected chi connectivity index (χ1v) is 9.51. The van der Waals surface area contributed by atoms with Gasteiger partial charge in [-0.25, -0.2) is 10.3 Å². The number of para-hydroxylation sites is 1. The Morgan fingerprint density at radius 1 is 0.815 bits per heavy atom. The standard InChI is InChI=1S/C21H24N4O2/c26-20-15-19(23-22-16-7-3-1-4-8-16)21(27)25(20)18-11-9-17(10-12-18)24-13-5-2-6-14-24/h1,3-4,7-12,19,22-23H,2,5-6,13-15H2/t19-/m0/s1. The van der Waals surface area contributed by atoms with E-state index in [-0.39, 0.29) is 18.2 Å². The molecule has 2 N–H and O–H groups in total. The molecule has 2 heterocycles. The number of amides is 2. The Morgan fingerprint density at radius 2 is 1.48 bits per heavy atom. The van der Waals surface area contributed by atoms with Crippen LogP contribution in [0.15, 0.2) is 54.6 Å². The van der Waals surface area contributed by atoms with Gasteiger partial charge in [0.05, 0.1) is 12.1 Å². The van der Waals surface area contributed by atoms with E-state index >= 15 is 0 Å². The molecule has 2 aliphatic rings. The number of hydrogen-bond donors (Lipinski definition) is 2. The normalized spacial score (nSPS) is 20.2. The number of carbonyl (C=O) groups excluding carboxylic acids is 2. The van der Waals surface area contributed by atoms with Gasteiger partial charge >= 0.3 is 0 Å². The van der Waals surface area contributed by atoms with Crippen molar-refractivity contribution in [2.45, 2.75) is 31.7 Å². The molecule has 2 fully saturated rings. The Labute approximate surface area is 159 Å². The lowest BCUT2D eigenvalue weighted by atomic mass is 10.1. The largest absolute Gasteiger partial charge is 0.372 e. The minimum absolute atomic E-state index is 0.145. The fourth-order valence-corrected chi connectivity index (χ4v) is 3.67. The van der Waals surface area contributed by atoms with Crippen molar-refractivity contribution in [2.24, 2.45) is 0 Å². The summed E-state index contributed by atoms with van der Waals surface area (Å²) >= 11 is 0. The molecule has 2 aliphatic heterocycles. The van der Waals surface area contributed by atoms with E-state index in [2.05, 4.69) is 15.8 Å². The molecule has 0 unspecified atom stereocenters. The Morgan fingerprint density at radius 3 is 2.19 bits per heavy atom. The number of imide groups is 1. The van der Waals surface area contributed by atoms with Crippen LogP contribution >= 0.6 is 0 Å². The molecule has 2 aromatic rings. The van der Waals surface area contributed by atoms with Crippen molar-refractivity contribution < 1.29 is 9.59 Å². The fraction of sp³-hybridized carbons (Fsp3) is 0.333. The SMILES string of the molecule is O=C1C[C@H](NNc2ccccc2)C(=O)N1c1ccc(N2CCCCC2)cc1. The second-order valence-corrected chi connectivity index (χ2v) is 7.02. The molecule has 0 aliphatic carbocycles. The second kappa shape index (κ2) is 7.80. The van der Waals surface area contributed by atoms with Gasteiger partial charge < -0.3 is 10.3 Å². The Hall–Kier alpha value is -2.86. The number of hydrazine groups is 1. The molecule has 1 atom stereocenters. The number of rotatable bonds is 5. The van der Waals surface area contributed by atoms with Gasteiger partial charge in [-0.3, -0.25) is 9.59 Å². The van der Waals surface area contributed by atoms with Crippen molar-refractivity contribution in [1.82, 2.24) is 5.43 Å². The molecule has 4 rings (SSSR count). The Balaban J connectivity index is 1.42. The summed E-state index contributed by atoms with van der Waals surface area (Å²) in [6.45, 7) is 2.14. The van der Waals surface area contributed by atoms with Crippen LogP contribution in [-0.2, 0) is 9.59 Å². The van der Waals surface area contributed by atoms with Crippen LogP contribution in [0.1, 0.15) is 25.7 Å². The number of piperidine rings is 1. The van der Waals surface area contributed by atoms with Gasteiger partial charge in [0.2, 0.25) is 5.91 Å². The molecule has 6 heteroatoms. The second-order valence-electron chi connectivity index (χ2n) is 7.02. The molecule has 0 bridgehead atoms. The Bertz CT molecular complexity index is 801. The lowest BCUT2D eigenvalue weighted by Gasteiger charge is -2.29. The molecule has 2 amide bonds. The highest BCUT2D eigenvalue weighted by molar-refractivity contribution is 6.22.